The van der Waals surface area contributed by atoms with E-state index in [4.69, 9.17) is 10.5 Å². The first-order chi connectivity index (χ1) is 8.35. The highest BCUT2D eigenvalue weighted by atomic mass is 16.5. The fourth-order valence-electron chi connectivity index (χ4n) is 3.47. The first kappa shape index (κ1) is 13.9. The van der Waals surface area contributed by atoms with E-state index in [1.807, 2.05) is 0 Å². The summed E-state index contributed by atoms with van der Waals surface area (Å²) < 4.78 is 5.63. The highest BCUT2D eigenvalue weighted by Crippen LogP contribution is 2.40. The largest absolute Gasteiger partial charge is 0.462 e. The molecule has 0 radical (unpaired) electrons. The van der Waals surface area contributed by atoms with Gasteiger partial charge in [-0.3, -0.25) is 4.79 Å². The van der Waals surface area contributed by atoms with E-state index in [1.165, 1.54) is 19.3 Å². The molecule has 0 heterocycles. The molecule has 0 aromatic heterocycles. The van der Waals surface area contributed by atoms with Gasteiger partial charge in [-0.15, -0.1) is 0 Å². The molecule has 2 aliphatic rings. The minimum absolute atomic E-state index is 0.0199. The van der Waals surface area contributed by atoms with E-state index in [1.54, 1.807) is 0 Å². The molecule has 18 heavy (non-hydrogen) atoms. The zero-order chi connectivity index (χ0) is 13.3. The van der Waals surface area contributed by atoms with Crippen LogP contribution in [0.15, 0.2) is 0 Å². The van der Waals surface area contributed by atoms with Crippen molar-refractivity contribution in [3.63, 3.8) is 0 Å². The highest BCUT2D eigenvalue weighted by Gasteiger charge is 2.35. The molecule has 0 saturated heterocycles. The van der Waals surface area contributed by atoms with Crippen molar-refractivity contribution in [2.45, 2.75) is 71.4 Å². The Morgan fingerprint density at radius 2 is 2.06 bits per heavy atom. The second-order valence-electron chi connectivity index (χ2n) is 7.23. The van der Waals surface area contributed by atoms with Crippen LogP contribution in [-0.4, -0.2) is 18.1 Å². The lowest BCUT2D eigenvalue weighted by atomic mass is 9.71. The third kappa shape index (κ3) is 3.98. The van der Waals surface area contributed by atoms with Crippen LogP contribution < -0.4 is 5.73 Å². The van der Waals surface area contributed by atoms with Gasteiger partial charge in [-0.2, -0.15) is 0 Å². The topological polar surface area (TPSA) is 52.3 Å². The Bertz CT molecular complexity index is 310. The second-order valence-corrected chi connectivity index (χ2v) is 7.23. The second kappa shape index (κ2) is 5.20. The molecule has 0 amide bonds. The number of hydrogen-bond acceptors (Lipinski definition) is 3. The van der Waals surface area contributed by atoms with Gasteiger partial charge in [0.2, 0.25) is 0 Å². The van der Waals surface area contributed by atoms with Crippen LogP contribution >= 0.6 is 0 Å². The number of hydrogen-bond donors (Lipinski definition) is 1. The molecule has 3 nitrogen and oxygen atoms in total. The first-order valence-electron chi connectivity index (χ1n) is 7.31. The Balaban J connectivity index is 1.79. The van der Waals surface area contributed by atoms with Crippen LogP contribution in [0.2, 0.25) is 0 Å². The molecule has 2 aliphatic carbocycles. The van der Waals surface area contributed by atoms with Crippen LogP contribution in [0.1, 0.15) is 59.3 Å². The number of nitrogens with two attached hydrogens (primary N) is 1. The van der Waals surface area contributed by atoms with Crippen LogP contribution in [0, 0.1) is 17.3 Å². The van der Waals surface area contributed by atoms with Gasteiger partial charge < -0.3 is 10.5 Å². The van der Waals surface area contributed by atoms with E-state index in [9.17, 15) is 4.79 Å². The van der Waals surface area contributed by atoms with E-state index in [0.29, 0.717) is 23.7 Å². The number of esters is 1. The predicted molar refractivity (Wildman–Crippen MR) is 72.0 cm³/mol. The fourth-order valence-corrected chi connectivity index (χ4v) is 3.47. The Morgan fingerprint density at radius 1 is 1.39 bits per heavy atom. The molecule has 2 saturated carbocycles. The van der Waals surface area contributed by atoms with Crippen LogP contribution in [-0.2, 0) is 9.53 Å². The lowest BCUT2D eigenvalue weighted by molar-refractivity contribution is -0.153. The molecule has 2 fully saturated rings. The van der Waals surface area contributed by atoms with E-state index in [0.717, 1.165) is 12.8 Å². The van der Waals surface area contributed by atoms with Crippen molar-refractivity contribution in [2.24, 2.45) is 23.0 Å². The van der Waals surface area contributed by atoms with Gasteiger partial charge in [-0.25, -0.2) is 0 Å². The van der Waals surface area contributed by atoms with E-state index >= 15 is 0 Å². The molecule has 0 bridgehead atoms. The maximum Gasteiger partial charge on any atom is 0.307 e. The van der Waals surface area contributed by atoms with Crippen molar-refractivity contribution in [1.82, 2.24) is 0 Å². The van der Waals surface area contributed by atoms with Crippen molar-refractivity contribution in [3.05, 3.63) is 0 Å². The number of carbonyl (C=O) groups is 1. The van der Waals surface area contributed by atoms with Gasteiger partial charge in [-0.05, 0) is 49.4 Å². The van der Waals surface area contributed by atoms with Crippen LogP contribution in [0.5, 0.6) is 0 Å². The molecule has 0 aromatic carbocycles. The third-order valence-corrected chi connectivity index (χ3v) is 4.27. The Morgan fingerprint density at radius 3 is 2.61 bits per heavy atom. The minimum Gasteiger partial charge on any atom is -0.462 e. The minimum atomic E-state index is -0.0932. The molecule has 0 aromatic rings. The summed E-state index contributed by atoms with van der Waals surface area (Å²) in [5, 5.41) is 0. The molecular formula is C15H27NO2. The Labute approximate surface area is 110 Å². The zero-order valence-electron chi connectivity index (χ0n) is 11.9. The average molecular weight is 253 g/mol. The average Bonchev–Trinajstić information content (AvgIpc) is 2.95. The van der Waals surface area contributed by atoms with Gasteiger partial charge in [0, 0.05) is 6.04 Å². The lowest BCUT2D eigenvalue weighted by Crippen LogP contribution is -2.35. The van der Waals surface area contributed by atoms with E-state index in [2.05, 4.69) is 20.8 Å². The SMILES string of the molecule is CC1CC(OC(=O)CC(N)C2CC2)CC(C)(C)C1. The van der Waals surface area contributed by atoms with Crippen LogP contribution in [0.25, 0.3) is 0 Å². The molecule has 2 rings (SSSR count). The molecule has 104 valence electrons. The van der Waals surface area contributed by atoms with Crippen LogP contribution in [0.4, 0.5) is 0 Å². The normalized spacial score (nSPS) is 32.9. The molecule has 3 heteroatoms. The van der Waals surface area contributed by atoms with E-state index < -0.39 is 0 Å². The zero-order valence-corrected chi connectivity index (χ0v) is 11.9. The number of rotatable bonds is 4. The highest BCUT2D eigenvalue weighted by molar-refractivity contribution is 5.70. The summed E-state index contributed by atoms with van der Waals surface area (Å²) >= 11 is 0. The molecule has 3 unspecified atom stereocenters. The Kier molecular flexibility index (Phi) is 4.00. The number of ether oxygens (including phenoxy) is 1. The van der Waals surface area contributed by atoms with Gasteiger partial charge in [0.1, 0.15) is 6.10 Å². The van der Waals surface area contributed by atoms with Crippen molar-refractivity contribution in [2.75, 3.05) is 0 Å². The summed E-state index contributed by atoms with van der Waals surface area (Å²) in [7, 11) is 0. The van der Waals surface area contributed by atoms with Gasteiger partial charge in [-0.1, -0.05) is 20.8 Å². The molecule has 0 spiro atoms. The van der Waals surface area contributed by atoms with E-state index in [-0.39, 0.29) is 18.1 Å². The maximum absolute atomic E-state index is 11.9. The van der Waals surface area contributed by atoms with Gasteiger partial charge in [0.25, 0.3) is 0 Å². The summed E-state index contributed by atoms with van der Waals surface area (Å²) in [6.07, 6.45) is 6.08. The van der Waals surface area contributed by atoms with Crippen molar-refractivity contribution in [1.29, 1.82) is 0 Å². The quantitative estimate of drug-likeness (QED) is 0.784. The number of carbonyl (C=O) groups excluding carboxylic acids is 1. The smallest absolute Gasteiger partial charge is 0.307 e. The molecule has 2 N–H and O–H groups in total. The van der Waals surface area contributed by atoms with Crippen molar-refractivity contribution >= 4 is 5.97 Å². The lowest BCUT2D eigenvalue weighted by Gasteiger charge is -2.38. The third-order valence-electron chi connectivity index (χ3n) is 4.27. The molecular weight excluding hydrogens is 226 g/mol. The van der Waals surface area contributed by atoms with Gasteiger partial charge in [0.15, 0.2) is 0 Å². The standard InChI is InChI=1S/C15H27NO2/c1-10-6-12(9-15(2,3)8-10)18-14(17)7-13(16)11-4-5-11/h10-13H,4-9,16H2,1-3H3. The monoisotopic (exact) mass is 253 g/mol. The Hall–Kier alpha value is -0.570. The molecule has 3 atom stereocenters. The van der Waals surface area contributed by atoms with Gasteiger partial charge >= 0.3 is 5.97 Å². The van der Waals surface area contributed by atoms with Crippen molar-refractivity contribution in [3.8, 4) is 0 Å². The molecule has 0 aliphatic heterocycles. The van der Waals surface area contributed by atoms with Crippen molar-refractivity contribution < 1.29 is 9.53 Å². The fraction of sp³-hybridized carbons (Fsp3) is 0.933. The van der Waals surface area contributed by atoms with Gasteiger partial charge in [0.05, 0.1) is 6.42 Å². The first-order valence-corrected chi connectivity index (χ1v) is 7.31. The predicted octanol–water partition coefficient (Wildman–Crippen LogP) is 2.87. The summed E-state index contributed by atoms with van der Waals surface area (Å²) in [5.74, 6) is 1.12. The summed E-state index contributed by atoms with van der Waals surface area (Å²) in [4.78, 5) is 11.9. The summed E-state index contributed by atoms with van der Waals surface area (Å²) in [6, 6.07) is 0.0199. The summed E-state index contributed by atoms with van der Waals surface area (Å²) in [6.45, 7) is 6.77. The maximum atomic E-state index is 11.9. The van der Waals surface area contributed by atoms with Crippen LogP contribution in [0.3, 0.4) is 0 Å². The summed E-state index contributed by atoms with van der Waals surface area (Å²) in [5.41, 5.74) is 6.26.